The van der Waals surface area contributed by atoms with E-state index in [4.69, 9.17) is 10.5 Å². The van der Waals surface area contributed by atoms with Gasteiger partial charge < -0.3 is 15.8 Å². The minimum atomic E-state index is -0.116. The van der Waals surface area contributed by atoms with Crippen LogP contribution in [-0.4, -0.2) is 60.0 Å². The fourth-order valence-corrected chi connectivity index (χ4v) is 3.27. The molecular formula is C15H25N5O2. The Morgan fingerprint density at radius 3 is 2.82 bits per heavy atom. The van der Waals surface area contributed by atoms with Gasteiger partial charge in [-0.2, -0.15) is 5.10 Å². The molecule has 1 aromatic rings. The van der Waals surface area contributed by atoms with Crippen LogP contribution >= 0.6 is 0 Å². The number of carbonyl (C=O) groups excluding carboxylic acids is 1. The lowest BCUT2D eigenvalue weighted by Crippen LogP contribution is -2.41. The fraction of sp³-hybridized carbons (Fsp3) is 0.733. The Bertz CT molecular complexity index is 504. The van der Waals surface area contributed by atoms with E-state index in [2.05, 4.69) is 15.3 Å². The van der Waals surface area contributed by atoms with Crippen LogP contribution in [0.15, 0.2) is 6.20 Å². The number of hydrogen-bond donors (Lipinski definition) is 2. The molecular weight excluding hydrogens is 282 g/mol. The van der Waals surface area contributed by atoms with Gasteiger partial charge in [0.05, 0.1) is 31.1 Å². The Hall–Kier alpha value is -1.60. The highest BCUT2D eigenvalue weighted by atomic mass is 16.5. The topological polar surface area (TPSA) is 85.4 Å². The fourth-order valence-electron chi connectivity index (χ4n) is 3.27. The highest BCUT2D eigenvalue weighted by Crippen LogP contribution is 2.31. The van der Waals surface area contributed by atoms with Crippen molar-refractivity contribution in [1.29, 1.82) is 0 Å². The molecule has 1 aliphatic heterocycles. The van der Waals surface area contributed by atoms with E-state index < -0.39 is 0 Å². The molecule has 2 fully saturated rings. The van der Waals surface area contributed by atoms with Crippen molar-refractivity contribution in [3.05, 3.63) is 11.9 Å². The number of nitrogens with zero attached hydrogens (tertiary/aromatic N) is 3. The minimum absolute atomic E-state index is 0.116. The van der Waals surface area contributed by atoms with Crippen LogP contribution in [0.1, 0.15) is 42.2 Å². The van der Waals surface area contributed by atoms with E-state index in [9.17, 15) is 4.79 Å². The molecule has 3 rings (SSSR count). The SMILES string of the molecule is Nc1cnn(C2CCCC2)c1C(=O)NCCN1CCOCC1. The lowest BCUT2D eigenvalue weighted by molar-refractivity contribution is 0.0383. The molecule has 22 heavy (non-hydrogen) atoms. The maximum absolute atomic E-state index is 12.5. The molecule has 3 N–H and O–H groups in total. The number of nitrogens with one attached hydrogen (secondary N) is 1. The van der Waals surface area contributed by atoms with Crippen molar-refractivity contribution in [2.24, 2.45) is 0 Å². The van der Waals surface area contributed by atoms with Crippen LogP contribution in [0.4, 0.5) is 5.69 Å². The van der Waals surface area contributed by atoms with Gasteiger partial charge in [0.1, 0.15) is 5.69 Å². The van der Waals surface area contributed by atoms with Gasteiger partial charge in [-0.25, -0.2) is 0 Å². The van der Waals surface area contributed by atoms with Crippen LogP contribution in [0.5, 0.6) is 0 Å². The standard InChI is InChI=1S/C15H25N5O2/c16-13-11-18-20(12-3-1-2-4-12)14(13)15(21)17-5-6-19-7-9-22-10-8-19/h11-12H,1-10,16H2,(H,17,21). The Kier molecular flexibility index (Phi) is 4.94. The van der Waals surface area contributed by atoms with Crippen LogP contribution < -0.4 is 11.1 Å². The van der Waals surface area contributed by atoms with Gasteiger partial charge >= 0.3 is 0 Å². The molecule has 7 nitrogen and oxygen atoms in total. The van der Waals surface area contributed by atoms with E-state index in [1.807, 2.05) is 4.68 Å². The number of nitrogens with two attached hydrogens (primary N) is 1. The summed E-state index contributed by atoms with van der Waals surface area (Å²) in [7, 11) is 0. The van der Waals surface area contributed by atoms with Crippen LogP contribution in [0.25, 0.3) is 0 Å². The monoisotopic (exact) mass is 307 g/mol. The highest BCUT2D eigenvalue weighted by Gasteiger charge is 2.25. The molecule has 1 saturated carbocycles. The third-order valence-corrected chi connectivity index (χ3v) is 4.53. The Morgan fingerprint density at radius 1 is 1.36 bits per heavy atom. The van der Waals surface area contributed by atoms with E-state index >= 15 is 0 Å². The van der Waals surface area contributed by atoms with Crippen molar-refractivity contribution >= 4 is 11.6 Å². The largest absolute Gasteiger partial charge is 0.396 e. The van der Waals surface area contributed by atoms with Crippen LogP contribution in [0.2, 0.25) is 0 Å². The number of aromatic nitrogens is 2. The molecule has 0 unspecified atom stereocenters. The Morgan fingerprint density at radius 2 is 2.09 bits per heavy atom. The Labute approximate surface area is 130 Å². The van der Waals surface area contributed by atoms with Gasteiger partial charge in [0.25, 0.3) is 5.91 Å². The third kappa shape index (κ3) is 3.41. The molecule has 0 aromatic carbocycles. The quantitative estimate of drug-likeness (QED) is 0.834. The van der Waals surface area contributed by atoms with Gasteiger partial charge in [-0.3, -0.25) is 14.4 Å². The van der Waals surface area contributed by atoms with Gasteiger partial charge in [0.2, 0.25) is 0 Å². The molecule has 0 atom stereocenters. The van der Waals surface area contributed by atoms with E-state index in [-0.39, 0.29) is 5.91 Å². The maximum atomic E-state index is 12.5. The average molecular weight is 307 g/mol. The smallest absolute Gasteiger partial charge is 0.271 e. The first-order valence-electron chi connectivity index (χ1n) is 8.17. The van der Waals surface area contributed by atoms with Crippen LogP contribution in [0, 0.1) is 0 Å². The third-order valence-electron chi connectivity index (χ3n) is 4.53. The number of anilines is 1. The summed E-state index contributed by atoms with van der Waals surface area (Å²) in [6, 6.07) is 0.317. The molecule has 2 heterocycles. The van der Waals surface area contributed by atoms with Crippen molar-refractivity contribution < 1.29 is 9.53 Å². The van der Waals surface area contributed by atoms with Crippen molar-refractivity contribution in [2.45, 2.75) is 31.7 Å². The zero-order valence-corrected chi connectivity index (χ0v) is 13.0. The van der Waals surface area contributed by atoms with E-state index in [1.165, 1.54) is 12.8 Å². The summed E-state index contributed by atoms with van der Waals surface area (Å²) >= 11 is 0. The molecule has 7 heteroatoms. The Balaban J connectivity index is 1.56. The summed E-state index contributed by atoms with van der Waals surface area (Å²) in [6.07, 6.45) is 6.14. The van der Waals surface area contributed by atoms with Crippen LogP contribution in [-0.2, 0) is 4.74 Å². The number of carbonyl (C=O) groups is 1. The second-order valence-electron chi connectivity index (χ2n) is 6.04. The van der Waals surface area contributed by atoms with Crippen molar-refractivity contribution in [3.8, 4) is 0 Å². The normalized spacial score (nSPS) is 20.4. The molecule has 0 spiro atoms. The lowest BCUT2D eigenvalue weighted by atomic mass is 10.2. The first-order valence-corrected chi connectivity index (χ1v) is 8.17. The number of morpholine rings is 1. The summed E-state index contributed by atoms with van der Waals surface area (Å²) in [6.45, 7) is 4.86. The molecule has 1 aromatic heterocycles. The second-order valence-corrected chi connectivity index (χ2v) is 6.04. The van der Waals surface area contributed by atoms with Crippen molar-refractivity contribution in [2.75, 3.05) is 45.1 Å². The molecule has 1 amide bonds. The highest BCUT2D eigenvalue weighted by molar-refractivity contribution is 5.97. The van der Waals surface area contributed by atoms with Crippen LogP contribution in [0.3, 0.4) is 0 Å². The van der Waals surface area contributed by atoms with Gasteiger partial charge in [-0.1, -0.05) is 12.8 Å². The first kappa shape index (κ1) is 15.3. The van der Waals surface area contributed by atoms with Gasteiger partial charge in [0.15, 0.2) is 0 Å². The molecule has 0 radical (unpaired) electrons. The van der Waals surface area contributed by atoms with Gasteiger partial charge in [-0.15, -0.1) is 0 Å². The van der Waals surface area contributed by atoms with E-state index in [1.54, 1.807) is 6.20 Å². The second kappa shape index (κ2) is 7.11. The maximum Gasteiger partial charge on any atom is 0.271 e. The van der Waals surface area contributed by atoms with Crippen molar-refractivity contribution in [3.63, 3.8) is 0 Å². The molecule has 0 bridgehead atoms. The number of nitrogen functional groups attached to an aromatic ring is 1. The molecule has 1 saturated heterocycles. The number of rotatable bonds is 5. The van der Waals surface area contributed by atoms with Crippen molar-refractivity contribution in [1.82, 2.24) is 20.0 Å². The minimum Gasteiger partial charge on any atom is -0.396 e. The number of amides is 1. The number of hydrogen-bond acceptors (Lipinski definition) is 5. The summed E-state index contributed by atoms with van der Waals surface area (Å²) in [5.41, 5.74) is 6.94. The number of ether oxygens (including phenoxy) is 1. The summed E-state index contributed by atoms with van der Waals surface area (Å²) in [5.74, 6) is -0.116. The predicted octanol–water partition coefficient (Wildman–Crippen LogP) is 0.642. The summed E-state index contributed by atoms with van der Waals surface area (Å²) in [5, 5.41) is 7.30. The molecule has 1 aliphatic carbocycles. The zero-order valence-electron chi connectivity index (χ0n) is 13.0. The van der Waals surface area contributed by atoms with Gasteiger partial charge in [-0.05, 0) is 12.8 Å². The molecule has 122 valence electrons. The molecule has 2 aliphatic rings. The first-order chi connectivity index (χ1) is 10.8. The van der Waals surface area contributed by atoms with E-state index in [0.29, 0.717) is 24.0 Å². The summed E-state index contributed by atoms with van der Waals surface area (Å²) in [4.78, 5) is 14.7. The zero-order chi connectivity index (χ0) is 15.4. The summed E-state index contributed by atoms with van der Waals surface area (Å²) < 4.78 is 7.14. The average Bonchev–Trinajstić information content (AvgIpc) is 3.17. The van der Waals surface area contributed by atoms with Gasteiger partial charge in [0, 0.05) is 26.2 Å². The lowest BCUT2D eigenvalue weighted by Gasteiger charge is -2.26. The van der Waals surface area contributed by atoms with E-state index in [0.717, 1.165) is 45.7 Å². The predicted molar refractivity (Wildman–Crippen MR) is 83.7 cm³/mol.